The van der Waals surface area contributed by atoms with Crippen molar-refractivity contribution in [2.45, 2.75) is 38.6 Å². The van der Waals surface area contributed by atoms with Crippen molar-refractivity contribution in [1.82, 2.24) is 0 Å². The highest BCUT2D eigenvalue weighted by Gasteiger charge is 2.23. The third-order valence-corrected chi connectivity index (χ3v) is 3.25. The topological polar surface area (TPSA) is 26.0 Å². The Kier molecular flexibility index (Phi) is 2.85. The van der Waals surface area contributed by atoms with Crippen LogP contribution in [0.25, 0.3) is 5.57 Å². The Labute approximate surface area is 96.2 Å². The van der Waals surface area contributed by atoms with Crippen LogP contribution in [0.4, 0.5) is 4.39 Å². The number of nitrogens with two attached hydrogens (primary N) is 1. The van der Waals surface area contributed by atoms with Gasteiger partial charge in [0.05, 0.1) is 0 Å². The summed E-state index contributed by atoms with van der Waals surface area (Å²) in [5, 5.41) is 0. The molecule has 2 N–H and O–H groups in total. The molecule has 86 valence electrons. The average Bonchev–Trinajstić information content (AvgIpc) is 2.19. The van der Waals surface area contributed by atoms with E-state index >= 15 is 0 Å². The van der Waals surface area contributed by atoms with E-state index in [-0.39, 0.29) is 11.4 Å². The van der Waals surface area contributed by atoms with E-state index in [0.29, 0.717) is 0 Å². The van der Waals surface area contributed by atoms with E-state index in [1.165, 1.54) is 0 Å². The zero-order valence-electron chi connectivity index (χ0n) is 9.89. The number of aryl methyl sites for hydroxylation is 1. The molecule has 0 heterocycles. The van der Waals surface area contributed by atoms with Crippen molar-refractivity contribution in [3.8, 4) is 0 Å². The van der Waals surface area contributed by atoms with Crippen molar-refractivity contribution in [2.75, 3.05) is 0 Å². The number of rotatable bonds is 1. The first-order valence-electron chi connectivity index (χ1n) is 5.72. The molecule has 0 amide bonds. The van der Waals surface area contributed by atoms with E-state index in [1.54, 1.807) is 6.07 Å². The van der Waals surface area contributed by atoms with Crippen LogP contribution in [0.5, 0.6) is 0 Å². The second kappa shape index (κ2) is 4.02. The Hall–Kier alpha value is -1.15. The molecule has 1 aliphatic rings. The summed E-state index contributed by atoms with van der Waals surface area (Å²) in [6, 6.07) is 5.41. The predicted molar refractivity (Wildman–Crippen MR) is 65.6 cm³/mol. The van der Waals surface area contributed by atoms with E-state index in [1.807, 2.05) is 26.0 Å². The standard InChI is InChI=1S/C14H18FN/c1-10-3-4-12(13(15)9-10)11-5-7-14(2,16)8-6-11/h3-5,9H,6-8,16H2,1-2H3. The molecule has 0 spiro atoms. The van der Waals surface area contributed by atoms with Gasteiger partial charge in [-0.3, -0.25) is 0 Å². The van der Waals surface area contributed by atoms with Crippen molar-refractivity contribution < 1.29 is 4.39 Å². The fraction of sp³-hybridized carbons (Fsp3) is 0.429. The average molecular weight is 219 g/mol. The van der Waals surface area contributed by atoms with Crippen molar-refractivity contribution >= 4 is 5.57 Å². The summed E-state index contributed by atoms with van der Waals surface area (Å²) in [6.45, 7) is 3.95. The van der Waals surface area contributed by atoms with Crippen LogP contribution >= 0.6 is 0 Å². The van der Waals surface area contributed by atoms with Gasteiger partial charge in [-0.25, -0.2) is 4.39 Å². The molecule has 1 nitrogen and oxygen atoms in total. The molecule has 2 heteroatoms. The predicted octanol–water partition coefficient (Wildman–Crippen LogP) is 3.42. The molecule has 1 atom stereocenters. The zero-order valence-corrected chi connectivity index (χ0v) is 9.89. The fourth-order valence-electron chi connectivity index (χ4n) is 2.11. The minimum atomic E-state index is -0.120. The molecule has 0 saturated carbocycles. The van der Waals surface area contributed by atoms with Gasteiger partial charge in [-0.05, 0) is 50.3 Å². The van der Waals surface area contributed by atoms with Crippen LogP contribution in [0, 0.1) is 12.7 Å². The van der Waals surface area contributed by atoms with Gasteiger partial charge >= 0.3 is 0 Å². The van der Waals surface area contributed by atoms with E-state index in [2.05, 4.69) is 6.08 Å². The molecular weight excluding hydrogens is 201 g/mol. The van der Waals surface area contributed by atoms with Gasteiger partial charge in [0.15, 0.2) is 0 Å². The first kappa shape index (κ1) is 11.3. The van der Waals surface area contributed by atoms with E-state index in [9.17, 15) is 4.39 Å². The van der Waals surface area contributed by atoms with Gasteiger partial charge in [0, 0.05) is 11.1 Å². The number of hydrogen-bond donors (Lipinski definition) is 1. The number of allylic oxidation sites excluding steroid dienone is 1. The Morgan fingerprint density at radius 2 is 2.12 bits per heavy atom. The Morgan fingerprint density at radius 3 is 2.69 bits per heavy atom. The molecule has 2 rings (SSSR count). The lowest BCUT2D eigenvalue weighted by Gasteiger charge is -2.28. The van der Waals surface area contributed by atoms with E-state index < -0.39 is 0 Å². The highest BCUT2D eigenvalue weighted by molar-refractivity contribution is 5.67. The largest absolute Gasteiger partial charge is 0.325 e. The molecule has 0 radical (unpaired) electrons. The SMILES string of the molecule is Cc1ccc(C2=CCC(C)(N)CC2)c(F)c1. The Bertz CT molecular complexity index is 432. The molecular formula is C14H18FN. The highest BCUT2D eigenvalue weighted by Crippen LogP contribution is 2.32. The molecule has 0 bridgehead atoms. The van der Waals surface area contributed by atoms with Crippen molar-refractivity contribution in [2.24, 2.45) is 5.73 Å². The molecule has 0 fully saturated rings. The summed E-state index contributed by atoms with van der Waals surface area (Å²) in [4.78, 5) is 0. The third-order valence-electron chi connectivity index (χ3n) is 3.25. The molecule has 0 aromatic heterocycles. The van der Waals surface area contributed by atoms with Crippen LogP contribution in [0.1, 0.15) is 37.3 Å². The molecule has 0 saturated heterocycles. The fourth-order valence-corrected chi connectivity index (χ4v) is 2.11. The smallest absolute Gasteiger partial charge is 0.130 e. The Balaban J connectivity index is 2.29. The van der Waals surface area contributed by atoms with Crippen molar-refractivity contribution in [3.63, 3.8) is 0 Å². The van der Waals surface area contributed by atoms with Gasteiger partial charge in [-0.1, -0.05) is 18.2 Å². The normalized spacial score (nSPS) is 25.4. The maximum absolute atomic E-state index is 13.8. The van der Waals surface area contributed by atoms with Crippen LogP contribution < -0.4 is 5.73 Å². The highest BCUT2D eigenvalue weighted by atomic mass is 19.1. The van der Waals surface area contributed by atoms with Crippen LogP contribution in [-0.4, -0.2) is 5.54 Å². The lowest BCUT2D eigenvalue weighted by Crippen LogP contribution is -2.37. The second-order valence-electron chi connectivity index (χ2n) is 5.07. The summed E-state index contributed by atoms with van der Waals surface area (Å²) < 4.78 is 13.8. The van der Waals surface area contributed by atoms with Gasteiger partial charge < -0.3 is 5.73 Å². The number of benzene rings is 1. The molecule has 0 aliphatic heterocycles. The summed E-state index contributed by atoms with van der Waals surface area (Å²) in [6.07, 6.45) is 4.70. The second-order valence-corrected chi connectivity index (χ2v) is 5.07. The quantitative estimate of drug-likeness (QED) is 0.769. The molecule has 1 aromatic carbocycles. The molecule has 16 heavy (non-hydrogen) atoms. The molecule has 1 aromatic rings. The van der Waals surface area contributed by atoms with Crippen molar-refractivity contribution in [3.05, 3.63) is 41.2 Å². The maximum atomic E-state index is 13.8. The van der Waals surface area contributed by atoms with Crippen LogP contribution in [0.15, 0.2) is 24.3 Å². The first-order valence-corrected chi connectivity index (χ1v) is 5.72. The van der Waals surface area contributed by atoms with Crippen LogP contribution in [-0.2, 0) is 0 Å². The summed E-state index contributed by atoms with van der Waals surface area (Å²) >= 11 is 0. The maximum Gasteiger partial charge on any atom is 0.130 e. The minimum absolute atomic E-state index is 0.119. The van der Waals surface area contributed by atoms with Gasteiger partial charge in [-0.2, -0.15) is 0 Å². The zero-order chi connectivity index (χ0) is 11.8. The molecule has 1 unspecified atom stereocenters. The van der Waals surface area contributed by atoms with Gasteiger partial charge in [0.1, 0.15) is 5.82 Å². The van der Waals surface area contributed by atoms with E-state index in [0.717, 1.165) is 36.0 Å². The molecule has 1 aliphatic carbocycles. The minimum Gasteiger partial charge on any atom is -0.325 e. The van der Waals surface area contributed by atoms with Gasteiger partial charge in [0.2, 0.25) is 0 Å². The summed E-state index contributed by atoms with van der Waals surface area (Å²) in [7, 11) is 0. The third kappa shape index (κ3) is 2.33. The Morgan fingerprint density at radius 1 is 1.38 bits per heavy atom. The van der Waals surface area contributed by atoms with Gasteiger partial charge in [-0.15, -0.1) is 0 Å². The van der Waals surface area contributed by atoms with E-state index in [4.69, 9.17) is 5.73 Å². The van der Waals surface area contributed by atoms with Crippen LogP contribution in [0.3, 0.4) is 0 Å². The van der Waals surface area contributed by atoms with Gasteiger partial charge in [0.25, 0.3) is 0 Å². The summed E-state index contributed by atoms with van der Waals surface area (Å²) in [5.41, 5.74) is 8.72. The monoisotopic (exact) mass is 219 g/mol. The van der Waals surface area contributed by atoms with Crippen molar-refractivity contribution in [1.29, 1.82) is 0 Å². The first-order chi connectivity index (χ1) is 7.48. The summed E-state index contributed by atoms with van der Waals surface area (Å²) in [5.74, 6) is -0.119. The number of hydrogen-bond acceptors (Lipinski definition) is 1. The van der Waals surface area contributed by atoms with Crippen LogP contribution in [0.2, 0.25) is 0 Å². The number of halogens is 1. The lowest BCUT2D eigenvalue weighted by molar-refractivity contribution is 0.431. The lowest BCUT2D eigenvalue weighted by atomic mass is 9.82.